The maximum absolute atomic E-state index is 11.3. The zero-order valence-electron chi connectivity index (χ0n) is 6.84. The van der Waals surface area contributed by atoms with Gasteiger partial charge < -0.3 is 0 Å². The first kappa shape index (κ1) is 7.55. The minimum Gasteiger partial charge on any atom is -0.288 e. The van der Waals surface area contributed by atoms with E-state index in [1.165, 1.54) is 0 Å². The first-order valence-electron chi connectivity index (χ1n) is 4.28. The van der Waals surface area contributed by atoms with Crippen molar-refractivity contribution in [1.82, 2.24) is 10.9 Å². The van der Waals surface area contributed by atoms with Crippen molar-refractivity contribution in [2.75, 3.05) is 6.54 Å². The first-order chi connectivity index (χ1) is 5.88. The SMILES string of the molecule is O=C1NNCC2CCC=CC=C12. The second-order valence-electron chi connectivity index (χ2n) is 3.16. The summed E-state index contributed by atoms with van der Waals surface area (Å²) in [5.74, 6) is 0.423. The molecule has 3 nitrogen and oxygen atoms in total. The summed E-state index contributed by atoms with van der Waals surface area (Å²) >= 11 is 0. The van der Waals surface area contributed by atoms with E-state index in [4.69, 9.17) is 0 Å². The lowest BCUT2D eigenvalue weighted by Crippen LogP contribution is -2.48. The number of hydrazine groups is 1. The van der Waals surface area contributed by atoms with Crippen LogP contribution in [-0.4, -0.2) is 12.5 Å². The fourth-order valence-corrected chi connectivity index (χ4v) is 1.66. The molecule has 0 aromatic rings. The van der Waals surface area contributed by atoms with E-state index in [0.717, 1.165) is 25.0 Å². The van der Waals surface area contributed by atoms with Crippen molar-refractivity contribution < 1.29 is 4.79 Å². The summed E-state index contributed by atoms with van der Waals surface area (Å²) in [5, 5.41) is 0. The Morgan fingerprint density at radius 3 is 3.33 bits per heavy atom. The minimum atomic E-state index is 0.0257. The largest absolute Gasteiger partial charge is 0.288 e. The second kappa shape index (κ2) is 3.11. The van der Waals surface area contributed by atoms with Gasteiger partial charge in [-0.05, 0) is 12.8 Å². The Morgan fingerprint density at radius 2 is 2.42 bits per heavy atom. The number of amides is 1. The molecular weight excluding hydrogens is 152 g/mol. The lowest BCUT2D eigenvalue weighted by Gasteiger charge is -2.24. The fourth-order valence-electron chi connectivity index (χ4n) is 1.66. The molecule has 0 radical (unpaired) electrons. The predicted molar refractivity (Wildman–Crippen MR) is 46.1 cm³/mol. The molecule has 0 aromatic heterocycles. The molecule has 0 spiro atoms. The van der Waals surface area contributed by atoms with Crippen molar-refractivity contribution in [2.45, 2.75) is 12.8 Å². The molecule has 1 atom stereocenters. The van der Waals surface area contributed by atoms with Gasteiger partial charge in [0.2, 0.25) is 0 Å². The summed E-state index contributed by atoms with van der Waals surface area (Å²) in [5.41, 5.74) is 6.43. The van der Waals surface area contributed by atoms with Crippen molar-refractivity contribution in [1.29, 1.82) is 0 Å². The van der Waals surface area contributed by atoms with Crippen LogP contribution in [0, 0.1) is 5.92 Å². The van der Waals surface area contributed by atoms with Gasteiger partial charge in [0.15, 0.2) is 0 Å². The zero-order valence-corrected chi connectivity index (χ0v) is 6.84. The number of hydrogen-bond donors (Lipinski definition) is 2. The molecule has 1 amide bonds. The molecule has 1 aliphatic heterocycles. The number of rotatable bonds is 0. The normalized spacial score (nSPS) is 28.5. The number of fused-ring (bicyclic) bond motifs is 1. The van der Waals surface area contributed by atoms with Crippen LogP contribution in [0.15, 0.2) is 23.8 Å². The molecule has 2 rings (SSSR count). The van der Waals surface area contributed by atoms with Gasteiger partial charge in [0.25, 0.3) is 5.91 Å². The molecule has 0 aromatic carbocycles. The Bertz CT molecular complexity index is 255. The van der Waals surface area contributed by atoms with Crippen LogP contribution < -0.4 is 10.9 Å². The lowest BCUT2D eigenvalue weighted by molar-refractivity contribution is -0.120. The van der Waals surface area contributed by atoms with Crippen LogP contribution in [0.1, 0.15) is 12.8 Å². The van der Waals surface area contributed by atoms with Crippen LogP contribution in [-0.2, 0) is 4.79 Å². The van der Waals surface area contributed by atoms with E-state index < -0.39 is 0 Å². The molecule has 0 saturated carbocycles. The van der Waals surface area contributed by atoms with Crippen molar-refractivity contribution >= 4 is 5.91 Å². The summed E-state index contributed by atoms with van der Waals surface area (Å²) in [6.07, 6.45) is 8.15. The maximum atomic E-state index is 11.3. The van der Waals surface area contributed by atoms with Gasteiger partial charge in [-0.15, -0.1) is 0 Å². The van der Waals surface area contributed by atoms with Gasteiger partial charge in [-0.2, -0.15) is 0 Å². The summed E-state index contributed by atoms with van der Waals surface area (Å²) in [6.45, 7) is 0.860. The number of carbonyl (C=O) groups is 1. The Morgan fingerprint density at radius 1 is 1.50 bits per heavy atom. The fraction of sp³-hybridized carbons (Fsp3) is 0.444. The van der Waals surface area contributed by atoms with Gasteiger partial charge in [0, 0.05) is 18.0 Å². The van der Waals surface area contributed by atoms with Crippen molar-refractivity contribution in [3.63, 3.8) is 0 Å². The van der Waals surface area contributed by atoms with E-state index >= 15 is 0 Å². The molecule has 12 heavy (non-hydrogen) atoms. The molecule has 1 aliphatic carbocycles. The highest BCUT2D eigenvalue weighted by Crippen LogP contribution is 2.21. The Hall–Kier alpha value is -1.09. The van der Waals surface area contributed by atoms with Crippen LogP contribution in [0.3, 0.4) is 0 Å². The van der Waals surface area contributed by atoms with Crippen LogP contribution in [0.25, 0.3) is 0 Å². The molecule has 2 N–H and O–H groups in total. The van der Waals surface area contributed by atoms with Crippen LogP contribution in [0.5, 0.6) is 0 Å². The zero-order chi connectivity index (χ0) is 8.39. The smallest absolute Gasteiger partial charge is 0.261 e. The Kier molecular flexibility index (Phi) is 1.96. The molecule has 1 heterocycles. The average Bonchev–Trinajstić information content (AvgIpc) is 2.30. The van der Waals surface area contributed by atoms with Crippen molar-refractivity contribution in [3.8, 4) is 0 Å². The molecular formula is C9H12N2O. The lowest BCUT2D eigenvalue weighted by atomic mass is 9.93. The molecule has 2 aliphatic rings. The molecule has 1 fully saturated rings. The monoisotopic (exact) mass is 164 g/mol. The Labute approximate surface area is 71.5 Å². The third kappa shape index (κ3) is 1.28. The topological polar surface area (TPSA) is 41.1 Å². The predicted octanol–water partition coefficient (Wildman–Crippen LogP) is 0.513. The number of carbonyl (C=O) groups excluding carboxylic acids is 1. The van der Waals surface area contributed by atoms with Crippen molar-refractivity contribution in [3.05, 3.63) is 23.8 Å². The maximum Gasteiger partial charge on any atom is 0.261 e. The highest BCUT2D eigenvalue weighted by molar-refractivity contribution is 5.94. The highest BCUT2D eigenvalue weighted by Gasteiger charge is 2.24. The highest BCUT2D eigenvalue weighted by atomic mass is 16.2. The van der Waals surface area contributed by atoms with E-state index in [-0.39, 0.29) is 5.91 Å². The standard InChI is InChI=1S/C9H12N2O/c12-9-8-5-3-1-2-4-7(8)6-10-11-9/h1,3,5,7,10H,2,4,6H2,(H,11,12). The molecule has 64 valence electrons. The van der Waals surface area contributed by atoms with Gasteiger partial charge in [-0.25, -0.2) is 5.43 Å². The van der Waals surface area contributed by atoms with Gasteiger partial charge in [-0.3, -0.25) is 10.2 Å². The van der Waals surface area contributed by atoms with E-state index in [2.05, 4.69) is 16.9 Å². The third-order valence-electron chi connectivity index (χ3n) is 2.35. The van der Waals surface area contributed by atoms with Gasteiger partial charge in [-0.1, -0.05) is 18.2 Å². The van der Waals surface area contributed by atoms with Crippen LogP contribution >= 0.6 is 0 Å². The molecule has 3 heteroatoms. The summed E-state index contributed by atoms with van der Waals surface area (Å²) in [4.78, 5) is 11.3. The van der Waals surface area contributed by atoms with E-state index in [9.17, 15) is 4.79 Å². The average molecular weight is 164 g/mol. The summed E-state index contributed by atoms with van der Waals surface area (Å²) in [7, 11) is 0. The van der Waals surface area contributed by atoms with E-state index in [1.807, 2.05) is 12.2 Å². The van der Waals surface area contributed by atoms with Crippen LogP contribution in [0.4, 0.5) is 0 Å². The van der Waals surface area contributed by atoms with Gasteiger partial charge >= 0.3 is 0 Å². The number of hydrogen-bond acceptors (Lipinski definition) is 2. The second-order valence-corrected chi connectivity index (χ2v) is 3.16. The van der Waals surface area contributed by atoms with Crippen molar-refractivity contribution in [2.24, 2.45) is 5.92 Å². The van der Waals surface area contributed by atoms with Gasteiger partial charge in [0.05, 0.1) is 0 Å². The quantitative estimate of drug-likeness (QED) is 0.548. The Balaban J connectivity index is 2.24. The van der Waals surface area contributed by atoms with Gasteiger partial charge in [0.1, 0.15) is 0 Å². The minimum absolute atomic E-state index is 0.0257. The third-order valence-corrected chi connectivity index (χ3v) is 2.35. The van der Waals surface area contributed by atoms with E-state index in [0.29, 0.717) is 5.92 Å². The summed E-state index contributed by atoms with van der Waals surface area (Å²) in [6, 6.07) is 0. The molecule has 1 unspecified atom stereocenters. The molecule has 0 bridgehead atoms. The first-order valence-corrected chi connectivity index (χ1v) is 4.28. The van der Waals surface area contributed by atoms with Crippen LogP contribution in [0.2, 0.25) is 0 Å². The summed E-state index contributed by atoms with van der Waals surface area (Å²) < 4.78 is 0. The van der Waals surface area contributed by atoms with E-state index in [1.54, 1.807) is 0 Å². The number of allylic oxidation sites excluding steroid dienone is 3. The molecule has 1 saturated heterocycles. The number of nitrogens with one attached hydrogen (secondary N) is 2.